The van der Waals surface area contributed by atoms with E-state index in [0.29, 0.717) is 23.1 Å². The lowest BCUT2D eigenvalue weighted by molar-refractivity contribution is -0.0201. The smallest absolute Gasteiger partial charge is 0.189 e. The molecule has 5 nitrogen and oxygen atoms in total. The SMILES string of the molecule is CC(NC(N)=NCC1(O)CCOC1C)c1ccc(Cl)cc1Cl. The Morgan fingerprint density at radius 2 is 2.32 bits per heavy atom. The molecule has 1 fully saturated rings. The molecule has 1 heterocycles. The fraction of sp³-hybridized carbons (Fsp3) is 0.533. The van der Waals surface area contributed by atoms with Gasteiger partial charge in [-0.25, -0.2) is 0 Å². The molecule has 0 spiro atoms. The van der Waals surface area contributed by atoms with Gasteiger partial charge in [0.05, 0.1) is 18.7 Å². The van der Waals surface area contributed by atoms with Crippen LogP contribution in [0, 0.1) is 0 Å². The van der Waals surface area contributed by atoms with Gasteiger partial charge in [-0.3, -0.25) is 4.99 Å². The summed E-state index contributed by atoms with van der Waals surface area (Å²) in [6.45, 7) is 4.50. The molecule has 1 aliphatic rings. The molecule has 22 heavy (non-hydrogen) atoms. The van der Waals surface area contributed by atoms with Crippen LogP contribution >= 0.6 is 23.2 Å². The number of hydrogen-bond donors (Lipinski definition) is 3. The first-order valence-electron chi connectivity index (χ1n) is 7.17. The number of hydrogen-bond acceptors (Lipinski definition) is 3. The van der Waals surface area contributed by atoms with Gasteiger partial charge >= 0.3 is 0 Å². The van der Waals surface area contributed by atoms with E-state index < -0.39 is 5.60 Å². The number of halogens is 2. The predicted octanol–water partition coefficient (Wildman–Crippen LogP) is 2.50. The standard InChI is InChI=1S/C15H21Cl2N3O2/c1-9(12-4-3-11(16)7-13(12)17)20-14(18)19-8-15(21)5-6-22-10(15)2/h3-4,7,9-10,21H,5-6,8H2,1-2H3,(H3,18,19,20). The van der Waals surface area contributed by atoms with Crippen molar-refractivity contribution >= 4 is 29.2 Å². The molecule has 0 aromatic heterocycles. The van der Waals surface area contributed by atoms with Gasteiger partial charge in [-0.1, -0.05) is 29.3 Å². The van der Waals surface area contributed by atoms with Crippen molar-refractivity contribution in [3.63, 3.8) is 0 Å². The second-order valence-corrected chi connectivity index (χ2v) is 6.44. The summed E-state index contributed by atoms with van der Waals surface area (Å²) in [5.74, 6) is 0.256. The van der Waals surface area contributed by atoms with Gasteiger partial charge in [0, 0.05) is 23.1 Å². The lowest BCUT2D eigenvalue weighted by Gasteiger charge is -2.24. The minimum Gasteiger partial charge on any atom is -0.385 e. The Hall–Kier alpha value is -1.01. The van der Waals surface area contributed by atoms with E-state index in [4.69, 9.17) is 33.7 Å². The summed E-state index contributed by atoms with van der Waals surface area (Å²) in [5, 5.41) is 14.6. The highest BCUT2D eigenvalue weighted by Crippen LogP contribution is 2.27. The van der Waals surface area contributed by atoms with E-state index in [1.54, 1.807) is 12.1 Å². The van der Waals surface area contributed by atoms with Crippen LogP contribution < -0.4 is 11.1 Å². The van der Waals surface area contributed by atoms with Crippen molar-refractivity contribution in [1.82, 2.24) is 5.32 Å². The zero-order valence-corrected chi connectivity index (χ0v) is 14.2. The van der Waals surface area contributed by atoms with Crippen LogP contribution in [-0.4, -0.2) is 35.9 Å². The third-order valence-electron chi connectivity index (χ3n) is 3.98. The summed E-state index contributed by atoms with van der Waals surface area (Å²) >= 11 is 12.1. The number of nitrogens with two attached hydrogens (primary N) is 1. The highest BCUT2D eigenvalue weighted by atomic mass is 35.5. The van der Waals surface area contributed by atoms with Gasteiger partial charge in [0.25, 0.3) is 0 Å². The number of guanidine groups is 1. The van der Waals surface area contributed by atoms with Crippen LogP contribution in [-0.2, 0) is 4.74 Å². The second-order valence-electron chi connectivity index (χ2n) is 5.60. The number of rotatable bonds is 4. The van der Waals surface area contributed by atoms with E-state index in [1.165, 1.54) is 0 Å². The summed E-state index contributed by atoms with van der Waals surface area (Å²) in [6.07, 6.45) is 0.316. The van der Waals surface area contributed by atoms with Gasteiger partial charge in [-0.15, -0.1) is 0 Å². The Bertz CT molecular complexity index is 568. The van der Waals surface area contributed by atoms with Crippen LogP contribution in [0.3, 0.4) is 0 Å². The average molecular weight is 346 g/mol. The summed E-state index contributed by atoms with van der Waals surface area (Å²) in [5.41, 5.74) is 5.82. The van der Waals surface area contributed by atoms with Gasteiger partial charge in [-0.05, 0) is 31.5 Å². The fourth-order valence-corrected chi connectivity index (χ4v) is 2.97. The zero-order valence-electron chi connectivity index (χ0n) is 12.6. The summed E-state index contributed by atoms with van der Waals surface area (Å²) in [7, 11) is 0. The number of nitrogens with one attached hydrogen (secondary N) is 1. The van der Waals surface area contributed by atoms with Crippen LogP contribution in [0.15, 0.2) is 23.2 Å². The van der Waals surface area contributed by atoms with E-state index in [0.717, 1.165) is 5.56 Å². The molecule has 0 saturated carbocycles. The molecular formula is C15H21Cl2N3O2. The van der Waals surface area contributed by atoms with E-state index >= 15 is 0 Å². The van der Waals surface area contributed by atoms with Crippen molar-refractivity contribution < 1.29 is 9.84 Å². The van der Waals surface area contributed by atoms with Gasteiger partial charge in [0.15, 0.2) is 5.96 Å². The minimum atomic E-state index is -0.951. The average Bonchev–Trinajstić information content (AvgIpc) is 2.77. The highest BCUT2D eigenvalue weighted by Gasteiger charge is 2.39. The molecule has 3 unspecified atom stereocenters. The third-order valence-corrected chi connectivity index (χ3v) is 4.54. The second kappa shape index (κ2) is 7.04. The maximum Gasteiger partial charge on any atom is 0.189 e. The molecule has 2 rings (SSSR count). The van der Waals surface area contributed by atoms with E-state index in [9.17, 15) is 5.11 Å². The summed E-state index contributed by atoms with van der Waals surface area (Å²) < 4.78 is 5.37. The Kier molecular flexibility index (Phi) is 5.55. The van der Waals surface area contributed by atoms with Crippen molar-refractivity contribution in [2.45, 2.75) is 38.0 Å². The van der Waals surface area contributed by atoms with Crippen molar-refractivity contribution in [3.8, 4) is 0 Å². The van der Waals surface area contributed by atoms with Gasteiger partial charge in [0.2, 0.25) is 0 Å². The van der Waals surface area contributed by atoms with E-state index in [1.807, 2.05) is 19.9 Å². The molecule has 1 saturated heterocycles. The van der Waals surface area contributed by atoms with E-state index in [2.05, 4.69) is 10.3 Å². The van der Waals surface area contributed by atoms with Gasteiger partial charge < -0.3 is 20.9 Å². The minimum absolute atomic E-state index is 0.125. The highest BCUT2D eigenvalue weighted by molar-refractivity contribution is 6.35. The lowest BCUT2D eigenvalue weighted by atomic mass is 9.97. The molecule has 0 bridgehead atoms. The lowest BCUT2D eigenvalue weighted by Crippen LogP contribution is -2.42. The van der Waals surface area contributed by atoms with Crippen LogP contribution in [0.5, 0.6) is 0 Å². The number of nitrogens with zero attached hydrogens (tertiary/aromatic N) is 1. The maximum absolute atomic E-state index is 10.4. The fourth-order valence-electron chi connectivity index (χ4n) is 2.40. The van der Waals surface area contributed by atoms with Crippen LogP contribution in [0.2, 0.25) is 10.0 Å². The Morgan fingerprint density at radius 3 is 2.91 bits per heavy atom. The number of aliphatic hydroxyl groups is 1. The molecule has 0 radical (unpaired) electrons. The number of aliphatic imine (C=N–C) groups is 1. The largest absolute Gasteiger partial charge is 0.385 e. The molecule has 0 aliphatic carbocycles. The number of benzene rings is 1. The first-order valence-corrected chi connectivity index (χ1v) is 7.93. The molecule has 7 heteroatoms. The molecule has 0 amide bonds. The van der Waals surface area contributed by atoms with Crippen molar-refractivity contribution in [2.75, 3.05) is 13.2 Å². The van der Waals surface area contributed by atoms with Gasteiger partial charge in [0.1, 0.15) is 5.60 Å². The van der Waals surface area contributed by atoms with Crippen LogP contribution in [0.4, 0.5) is 0 Å². The molecule has 122 valence electrons. The predicted molar refractivity (Wildman–Crippen MR) is 89.5 cm³/mol. The molecule has 1 aromatic rings. The van der Waals surface area contributed by atoms with E-state index in [-0.39, 0.29) is 24.7 Å². The Morgan fingerprint density at radius 1 is 1.59 bits per heavy atom. The molecule has 1 aliphatic heterocycles. The van der Waals surface area contributed by atoms with Crippen LogP contribution in [0.1, 0.15) is 31.9 Å². The third kappa shape index (κ3) is 4.04. The Labute approximate surface area is 140 Å². The van der Waals surface area contributed by atoms with Gasteiger partial charge in [-0.2, -0.15) is 0 Å². The molecule has 4 N–H and O–H groups in total. The quantitative estimate of drug-likeness (QED) is 0.578. The topological polar surface area (TPSA) is 79.9 Å². The van der Waals surface area contributed by atoms with Crippen molar-refractivity contribution in [3.05, 3.63) is 33.8 Å². The monoisotopic (exact) mass is 345 g/mol. The van der Waals surface area contributed by atoms with Crippen molar-refractivity contribution in [1.29, 1.82) is 0 Å². The molecule has 1 aromatic carbocycles. The molecule has 3 atom stereocenters. The molecular weight excluding hydrogens is 325 g/mol. The number of ether oxygens (including phenoxy) is 1. The Balaban J connectivity index is 1.98. The maximum atomic E-state index is 10.4. The first kappa shape index (κ1) is 17.3. The normalized spacial score (nSPS) is 27.0. The van der Waals surface area contributed by atoms with Crippen LogP contribution in [0.25, 0.3) is 0 Å². The summed E-state index contributed by atoms with van der Waals surface area (Å²) in [6, 6.07) is 5.18. The summed E-state index contributed by atoms with van der Waals surface area (Å²) in [4.78, 5) is 4.23. The zero-order chi connectivity index (χ0) is 16.3. The van der Waals surface area contributed by atoms with Crippen molar-refractivity contribution in [2.24, 2.45) is 10.7 Å². The first-order chi connectivity index (χ1) is 10.3.